The molecule has 19 heavy (non-hydrogen) atoms. The first kappa shape index (κ1) is 13.1. The number of hydrogen-bond donors (Lipinski definition) is 1. The van der Waals surface area contributed by atoms with Crippen molar-refractivity contribution >= 4 is 21.4 Å². The molecule has 1 aliphatic rings. The Kier molecular flexibility index (Phi) is 4.18. The molecule has 0 bridgehead atoms. The van der Waals surface area contributed by atoms with E-state index in [0.29, 0.717) is 6.04 Å². The summed E-state index contributed by atoms with van der Waals surface area (Å²) in [5.41, 5.74) is 1.14. The maximum absolute atomic E-state index is 4.61. The van der Waals surface area contributed by atoms with Crippen LogP contribution in [-0.4, -0.2) is 15.4 Å². The van der Waals surface area contributed by atoms with E-state index >= 15 is 0 Å². The molecule has 0 amide bonds. The van der Waals surface area contributed by atoms with Gasteiger partial charge < -0.3 is 9.72 Å². The molecule has 2 aromatic heterocycles. The van der Waals surface area contributed by atoms with Crippen molar-refractivity contribution in [3.63, 3.8) is 0 Å². The zero-order valence-corrected chi connectivity index (χ0v) is 12.7. The predicted octanol–water partition coefficient (Wildman–Crippen LogP) is 3.91. The van der Waals surface area contributed by atoms with Gasteiger partial charge in [0, 0.05) is 12.2 Å². The summed E-state index contributed by atoms with van der Waals surface area (Å²) < 4.78 is 3.10. The van der Waals surface area contributed by atoms with Crippen LogP contribution in [0.15, 0.2) is 29.0 Å². The fourth-order valence-corrected chi connectivity index (χ4v) is 3.43. The van der Waals surface area contributed by atoms with Crippen LogP contribution in [0.5, 0.6) is 0 Å². The Morgan fingerprint density at radius 3 is 2.79 bits per heavy atom. The summed E-state index contributed by atoms with van der Waals surface area (Å²) in [7, 11) is 0. The van der Waals surface area contributed by atoms with Crippen LogP contribution in [0, 0.1) is 0 Å². The second-order valence-corrected chi connectivity index (χ2v) is 6.10. The van der Waals surface area contributed by atoms with Crippen molar-refractivity contribution in [2.45, 2.75) is 51.1 Å². The van der Waals surface area contributed by atoms with Crippen LogP contribution < -0.4 is 5.32 Å². The van der Waals surface area contributed by atoms with Gasteiger partial charge in [-0.25, -0.2) is 4.98 Å². The Morgan fingerprint density at radius 2 is 2.00 bits per heavy atom. The summed E-state index contributed by atoms with van der Waals surface area (Å²) in [6, 6.07) is 6.85. The lowest BCUT2D eigenvalue weighted by Gasteiger charge is -2.15. The largest absolute Gasteiger partial charge is 0.307 e. The molecule has 102 valence electrons. The van der Waals surface area contributed by atoms with Crippen molar-refractivity contribution in [1.29, 1.82) is 0 Å². The molecule has 2 heterocycles. The highest BCUT2D eigenvalue weighted by Crippen LogP contribution is 2.20. The molecular formula is C15H20BrN3. The Labute approximate surface area is 122 Å². The first-order valence-electron chi connectivity index (χ1n) is 7.19. The molecule has 3 rings (SSSR count). The fourth-order valence-electron chi connectivity index (χ4n) is 2.90. The van der Waals surface area contributed by atoms with E-state index in [1.165, 1.54) is 38.5 Å². The van der Waals surface area contributed by atoms with Gasteiger partial charge in [-0.3, -0.25) is 0 Å². The molecule has 0 saturated heterocycles. The Balaban J connectivity index is 1.71. The van der Waals surface area contributed by atoms with Crippen LogP contribution >= 0.6 is 15.9 Å². The van der Waals surface area contributed by atoms with Gasteiger partial charge in [0.05, 0.1) is 12.1 Å². The highest BCUT2D eigenvalue weighted by Gasteiger charge is 2.13. The molecule has 0 spiro atoms. The highest BCUT2D eigenvalue weighted by atomic mass is 79.9. The summed E-state index contributed by atoms with van der Waals surface area (Å²) in [5, 5.41) is 3.68. The second kappa shape index (κ2) is 6.06. The average Bonchev–Trinajstić information content (AvgIpc) is 2.63. The number of pyridine rings is 1. The third-order valence-corrected chi connectivity index (χ3v) is 4.56. The van der Waals surface area contributed by atoms with Crippen LogP contribution in [0.2, 0.25) is 0 Å². The first-order valence-corrected chi connectivity index (χ1v) is 7.99. The third kappa shape index (κ3) is 3.00. The van der Waals surface area contributed by atoms with Crippen molar-refractivity contribution in [3.05, 3.63) is 34.8 Å². The Bertz CT molecular complexity index is 541. The minimum atomic E-state index is 0.664. The average molecular weight is 322 g/mol. The number of nitrogens with one attached hydrogen (secondary N) is 1. The first-order chi connectivity index (χ1) is 9.34. The van der Waals surface area contributed by atoms with Gasteiger partial charge in [-0.2, -0.15) is 0 Å². The van der Waals surface area contributed by atoms with Crippen molar-refractivity contribution in [1.82, 2.24) is 14.7 Å². The van der Waals surface area contributed by atoms with Crippen molar-refractivity contribution in [3.8, 4) is 0 Å². The summed E-state index contributed by atoms with van der Waals surface area (Å²) in [6.45, 7) is 0.849. The summed E-state index contributed by atoms with van der Waals surface area (Å²) >= 11 is 3.54. The van der Waals surface area contributed by atoms with Gasteiger partial charge in [0.15, 0.2) is 0 Å². The van der Waals surface area contributed by atoms with Crippen LogP contribution in [0.4, 0.5) is 0 Å². The van der Waals surface area contributed by atoms with E-state index in [-0.39, 0.29) is 0 Å². The summed E-state index contributed by atoms with van der Waals surface area (Å²) in [4.78, 5) is 4.61. The normalized spacial score (nSPS) is 17.7. The van der Waals surface area contributed by atoms with Gasteiger partial charge in [-0.05, 0) is 40.9 Å². The van der Waals surface area contributed by atoms with Gasteiger partial charge in [-0.1, -0.05) is 31.7 Å². The number of nitrogens with zero attached hydrogens (tertiary/aromatic N) is 2. The van der Waals surface area contributed by atoms with Crippen LogP contribution in [0.3, 0.4) is 0 Å². The standard InChI is InChI=1S/C15H20BrN3/c16-15-13-9-5-6-10-19(13)14(18-15)11-17-12-7-3-1-2-4-8-12/h5-6,9-10,12,17H,1-4,7-8,11H2. The molecule has 1 fully saturated rings. The zero-order chi connectivity index (χ0) is 13.1. The molecule has 4 heteroatoms. The van der Waals surface area contributed by atoms with Crippen LogP contribution in [-0.2, 0) is 6.54 Å². The van der Waals surface area contributed by atoms with Gasteiger partial charge in [0.25, 0.3) is 0 Å². The Hall–Kier alpha value is -0.870. The number of halogens is 1. The highest BCUT2D eigenvalue weighted by molar-refractivity contribution is 9.10. The maximum atomic E-state index is 4.61. The topological polar surface area (TPSA) is 29.3 Å². The van der Waals surface area contributed by atoms with Crippen molar-refractivity contribution in [2.75, 3.05) is 0 Å². The van der Waals surface area contributed by atoms with E-state index in [1.54, 1.807) is 0 Å². The smallest absolute Gasteiger partial charge is 0.132 e. The van der Waals surface area contributed by atoms with E-state index in [1.807, 2.05) is 6.07 Å². The molecule has 0 aromatic carbocycles. The molecule has 2 aromatic rings. The summed E-state index contributed by atoms with van der Waals surface area (Å²) in [6.07, 6.45) is 10.2. The molecule has 0 unspecified atom stereocenters. The van der Waals surface area contributed by atoms with Gasteiger partial charge in [-0.15, -0.1) is 0 Å². The lowest BCUT2D eigenvalue weighted by molar-refractivity contribution is 0.452. The van der Waals surface area contributed by atoms with E-state index in [9.17, 15) is 0 Å². The SMILES string of the molecule is Brc1nc(CNC2CCCCCC2)n2ccccc12. The van der Waals surface area contributed by atoms with Crippen LogP contribution in [0.1, 0.15) is 44.3 Å². The van der Waals surface area contributed by atoms with E-state index in [4.69, 9.17) is 0 Å². The van der Waals surface area contributed by atoms with Crippen molar-refractivity contribution in [2.24, 2.45) is 0 Å². The number of rotatable bonds is 3. The molecule has 1 N–H and O–H groups in total. The molecule has 1 saturated carbocycles. The van der Waals surface area contributed by atoms with Crippen molar-refractivity contribution < 1.29 is 0 Å². The van der Waals surface area contributed by atoms with Gasteiger partial charge in [0.2, 0.25) is 0 Å². The maximum Gasteiger partial charge on any atom is 0.132 e. The fraction of sp³-hybridized carbons (Fsp3) is 0.533. The molecule has 3 nitrogen and oxygen atoms in total. The number of aromatic nitrogens is 2. The minimum absolute atomic E-state index is 0.664. The molecule has 1 aliphatic carbocycles. The van der Waals surface area contributed by atoms with E-state index < -0.39 is 0 Å². The minimum Gasteiger partial charge on any atom is -0.307 e. The second-order valence-electron chi connectivity index (χ2n) is 5.34. The molecule has 0 radical (unpaired) electrons. The number of fused-ring (bicyclic) bond motifs is 1. The Morgan fingerprint density at radius 1 is 1.21 bits per heavy atom. The summed E-state index contributed by atoms with van der Waals surface area (Å²) in [5.74, 6) is 1.09. The van der Waals surface area contributed by atoms with Gasteiger partial charge in [0.1, 0.15) is 10.4 Å². The lowest BCUT2D eigenvalue weighted by Crippen LogP contribution is -2.28. The quantitative estimate of drug-likeness (QED) is 0.868. The lowest BCUT2D eigenvalue weighted by atomic mass is 10.1. The monoisotopic (exact) mass is 321 g/mol. The van der Waals surface area contributed by atoms with Crippen LogP contribution in [0.25, 0.3) is 5.52 Å². The third-order valence-electron chi connectivity index (χ3n) is 3.98. The van der Waals surface area contributed by atoms with E-state index in [0.717, 1.165) is 22.5 Å². The molecular weight excluding hydrogens is 302 g/mol. The number of imidazole rings is 1. The zero-order valence-electron chi connectivity index (χ0n) is 11.1. The molecule has 0 aliphatic heterocycles. The number of hydrogen-bond acceptors (Lipinski definition) is 2. The van der Waals surface area contributed by atoms with E-state index in [2.05, 4.69) is 49.0 Å². The van der Waals surface area contributed by atoms with Gasteiger partial charge >= 0.3 is 0 Å². The molecule has 0 atom stereocenters. The predicted molar refractivity (Wildman–Crippen MR) is 81.2 cm³/mol.